The largest absolute Gasteiger partial charge is 0.480 e. The van der Waals surface area contributed by atoms with E-state index in [1.54, 1.807) is 7.11 Å². The van der Waals surface area contributed by atoms with Crippen LogP contribution in [0.4, 0.5) is 0 Å². The first-order valence-electron chi connectivity index (χ1n) is 5.22. The molecule has 0 unspecified atom stereocenters. The van der Waals surface area contributed by atoms with Crippen LogP contribution in [-0.4, -0.2) is 50.5 Å². The summed E-state index contributed by atoms with van der Waals surface area (Å²) in [7, 11) is 1.65. The lowest BCUT2D eigenvalue weighted by molar-refractivity contribution is -0.143. The summed E-state index contributed by atoms with van der Waals surface area (Å²) in [6, 6.07) is 0. The van der Waals surface area contributed by atoms with Gasteiger partial charge in [0.15, 0.2) is 0 Å². The summed E-state index contributed by atoms with van der Waals surface area (Å²) in [5.74, 6) is -1.36. The van der Waals surface area contributed by atoms with Gasteiger partial charge in [-0.05, 0) is 19.3 Å². The van der Waals surface area contributed by atoms with E-state index in [4.69, 9.17) is 9.84 Å². The van der Waals surface area contributed by atoms with Gasteiger partial charge in [0, 0.05) is 20.3 Å². The predicted octanol–water partition coefficient (Wildman–Crippen LogP) is 0.0205. The second-order valence-electron chi connectivity index (χ2n) is 3.29. The smallest absolute Gasteiger partial charge is 0.329 e. The zero-order chi connectivity index (χ0) is 12.2. The van der Waals surface area contributed by atoms with E-state index in [2.05, 4.69) is 10.1 Å². The Labute approximate surface area is 94.9 Å². The summed E-state index contributed by atoms with van der Waals surface area (Å²) in [4.78, 5) is 21.1. The molecule has 0 atom stereocenters. The number of methoxy groups -OCH3 is 1. The van der Waals surface area contributed by atoms with Crippen LogP contribution in [0.3, 0.4) is 0 Å². The van der Waals surface area contributed by atoms with Gasteiger partial charge in [0.05, 0.1) is 0 Å². The summed E-state index contributed by atoms with van der Waals surface area (Å²) in [6.07, 6.45) is 2.85. The normalized spacial score (nSPS) is 10.1. The van der Waals surface area contributed by atoms with Crippen LogP contribution in [0.25, 0.3) is 0 Å². The first kappa shape index (κ1) is 14.9. The molecule has 0 heterocycles. The molecule has 16 heavy (non-hydrogen) atoms. The fraction of sp³-hybridized carbons (Fsp3) is 0.800. The van der Waals surface area contributed by atoms with Gasteiger partial charge in [-0.15, -0.1) is 0 Å². The summed E-state index contributed by atoms with van der Waals surface area (Å²) in [6.45, 7) is 0.667. The van der Waals surface area contributed by atoms with Gasteiger partial charge in [0.1, 0.15) is 13.2 Å². The van der Waals surface area contributed by atoms with Crippen LogP contribution >= 0.6 is 0 Å². The van der Waals surface area contributed by atoms with Gasteiger partial charge in [-0.1, -0.05) is 0 Å². The molecule has 0 rings (SSSR count). The minimum Gasteiger partial charge on any atom is -0.480 e. The maximum absolute atomic E-state index is 11.1. The average molecular weight is 233 g/mol. The number of hydrogen-bond acceptors (Lipinski definition) is 4. The van der Waals surface area contributed by atoms with Gasteiger partial charge in [0.2, 0.25) is 5.91 Å². The van der Waals surface area contributed by atoms with Gasteiger partial charge in [-0.2, -0.15) is 0 Å². The van der Waals surface area contributed by atoms with E-state index in [1.807, 2.05) is 0 Å². The lowest BCUT2D eigenvalue weighted by Crippen LogP contribution is -2.29. The maximum Gasteiger partial charge on any atom is 0.329 e. The molecule has 0 aliphatic carbocycles. The summed E-state index contributed by atoms with van der Waals surface area (Å²) in [5.41, 5.74) is 0. The molecule has 2 N–H and O–H groups in total. The van der Waals surface area contributed by atoms with Crippen molar-refractivity contribution in [3.8, 4) is 0 Å². The Hall–Kier alpha value is -1.14. The van der Waals surface area contributed by atoms with Crippen molar-refractivity contribution in [1.82, 2.24) is 5.32 Å². The number of rotatable bonds is 10. The lowest BCUT2D eigenvalue weighted by Gasteiger charge is -2.04. The fourth-order valence-electron chi connectivity index (χ4n) is 1.06. The van der Waals surface area contributed by atoms with E-state index in [-0.39, 0.29) is 12.5 Å². The number of nitrogens with one attached hydrogen (secondary N) is 1. The summed E-state index contributed by atoms with van der Waals surface area (Å²) < 4.78 is 9.50. The van der Waals surface area contributed by atoms with Crippen LogP contribution in [0.15, 0.2) is 0 Å². The van der Waals surface area contributed by atoms with Gasteiger partial charge in [0.25, 0.3) is 0 Å². The van der Waals surface area contributed by atoms with Crippen molar-refractivity contribution in [2.75, 3.05) is 33.5 Å². The van der Waals surface area contributed by atoms with Crippen LogP contribution < -0.4 is 5.32 Å². The molecule has 1 amide bonds. The van der Waals surface area contributed by atoms with Crippen molar-refractivity contribution >= 4 is 11.9 Å². The highest BCUT2D eigenvalue weighted by molar-refractivity contribution is 5.77. The zero-order valence-electron chi connectivity index (χ0n) is 9.53. The molecule has 0 aromatic carbocycles. The molecule has 0 radical (unpaired) electrons. The predicted molar refractivity (Wildman–Crippen MR) is 57.2 cm³/mol. The Bertz CT molecular complexity index is 207. The molecular formula is C10H19NO5. The molecule has 6 heteroatoms. The number of ether oxygens (including phenoxy) is 2. The molecule has 0 saturated carbocycles. The lowest BCUT2D eigenvalue weighted by atomic mass is 10.2. The van der Waals surface area contributed by atoms with Gasteiger partial charge in [-0.25, -0.2) is 4.79 Å². The monoisotopic (exact) mass is 233 g/mol. The van der Waals surface area contributed by atoms with E-state index >= 15 is 0 Å². The van der Waals surface area contributed by atoms with Crippen LogP contribution in [-0.2, 0) is 19.1 Å². The number of carbonyl (C=O) groups excluding carboxylic acids is 1. The van der Waals surface area contributed by atoms with E-state index in [0.29, 0.717) is 6.54 Å². The van der Waals surface area contributed by atoms with Crippen LogP contribution in [0.2, 0.25) is 0 Å². The van der Waals surface area contributed by atoms with Crippen molar-refractivity contribution in [3.63, 3.8) is 0 Å². The second kappa shape index (κ2) is 10.4. The number of amides is 1. The molecule has 0 saturated heterocycles. The topological polar surface area (TPSA) is 84.9 Å². The molecule has 0 aromatic heterocycles. The number of carboxylic acid groups (broad SMARTS) is 1. The summed E-state index contributed by atoms with van der Waals surface area (Å²) >= 11 is 0. The van der Waals surface area contributed by atoms with E-state index in [0.717, 1.165) is 25.9 Å². The highest BCUT2D eigenvalue weighted by Gasteiger charge is 2.02. The molecule has 6 nitrogen and oxygen atoms in total. The zero-order valence-corrected chi connectivity index (χ0v) is 9.53. The fourth-order valence-corrected chi connectivity index (χ4v) is 1.06. The van der Waals surface area contributed by atoms with Crippen molar-refractivity contribution in [2.45, 2.75) is 19.3 Å². The number of unbranched alkanes of at least 4 members (excludes halogenated alkanes) is 2. The standard InChI is InChI=1S/C10H19NO5/c1-15-6-4-2-3-5-11-9(12)7-16-8-10(13)14/h2-8H2,1H3,(H,11,12)(H,13,14). The molecule has 0 spiro atoms. The van der Waals surface area contributed by atoms with Gasteiger partial charge in [-0.3, -0.25) is 4.79 Å². The van der Waals surface area contributed by atoms with Crippen molar-refractivity contribution in [1.29, 1.82) is 0 Å². The Morgan fingerprint density at radius 3 is 2.56 bits per heavy atom. The minimum absolute atomic E-state index is 0.204. The molecule has 0 fully saturated rings. The third kappa shape index (κ3) is 10.9. The molecule has 0 aliphatic rings. The number of carboxylic acids is 1. The second-order valence-corrected chi connectivity index (χ2v) is 3.29. The SMILES string of the molecule is COCCCCCNC(=O)COCC(=O)O. The quantitative estimate of drug-likeness (QED) is 0.520. The first-order valence-corrected chi connectivity index (χ1v) is 5.22. The number of aliphatic carboxylic acids is 1. The maximum atomic E-state index is 11.1. The molecule has 0 aromatic rings. The number of hydrogen-bond donors (Lipinski definition) is 2. The van der Waals surface area contributed by atoms with Crippen molar-refractivity contribution < 1.29 is 24.2 Å². The highest BCUT2D eigenvalue weighted by Crippen LogP contribution is 1.93. The van der Waals surface area contributed by atoms with Crippen molar-refractivity contribution in [3.05, 3.63) is 0 Å². The highest BCUT2D eigenvalue weighted by atomic mass is 16.5. The molecule has 94 valence electrons. The average Bonchev–Trinajstić information content (AvgIpc) is 2.22. The molecular weight excluding hydrogens is 214 g/mol. The van der Waals surface area contributed by atoms with E-state index < -0.39 is 12.6 Å². The van der Waals surface area contributed by atoms with Crippen LogP contribution in [0.5, 0.6) is 0 Å². The Kier molecular flexibility index (Phi) is 9.64. The van der Waals surface area contributed by atoms with E-state index in [1.165, 1.54) is 0 Å². The molecule has 0 aliphatic heterocycles. The van der Waals surface area contributed by atoms with Gasteiger partial charge >= 0.3 is 5.97 Å². The Morgan fingerprint density at radius 1 is 1.19 bits per heavy atom. The Balaban J connectivity index is 3.20. The minimum atomic E-state index is -1.08. The van der Waals surface area contributed by atoms with E-state index in [9.17, 15) is 9.59 Å². The molecule has 0 bridgehead atoms. The van der Waals surface area contributed by atoms with Crippen LogP contribution in [0, 0.1) is 0 Å². The van der Waals surface area contributed by atoms with Crippen LogP contribution in [0.1, 0.15) is 19.3 Å². The third-order valence-corrected chi connectivity index (χ3v) is 1.81. The number of carbonyl (C=O) groups is 2. The first-order chi connectivity index (χ1) is 7.66. The Morgan fingerprint density at radius 2 is 1.94 bits per heavy atom. The third-order valence-electron chi connectivity index (χ3n) is 1.81. The van der Waals surface area contributed by atoms with Gasteiger partial charge < -0.3 is 19.9 Å². The van der Waals surface area contributed by atoms with Crippen molar-refractivity contribution in [2.24, 2.45) is 0 Å². The summed E-state index contributed by atoms with van der Waals surface area (Å²) in [5, 5.41) is 10.9.